The van der Waals surface area contributed by atoms with Crippen molar-refractivity contribution in [1.29, 1.82) is 0 Å². The molecule has 27 heavy (non-hydrogen) atoms. The summed E-state index contributed by atoms with van der Waals surface area (Å²) >= 11 is 3.09. The Balaban J connectivity index is 1.50. The topological polar surface area (TPSA) is 46.1 Å². The molecular weight excluding hydrogens is 381 g/mol. The molecule has 0 radical (unpaired) electrons. The summed E-state index contributed by atoms with van der Waals surface area (Å²) in [5.41, 5.74) is 1.74. The molecule has 140 valence electrons. The van der Waals surface area contributed by atoms with Crippen LogP contribution in [0.5, 0.6) is 0 Å². The minimum absolute atomic E-state index is 0.0297. The van der Waals surface area contributed by atoms with Crippen LogP contribution >= 0.6 is 23.1 Å². The molecule has 2 aromatic heterocycles. The van der Waals surface area contributed by atoms with E-state index in [9.17, 15) is 9.18 Å². The van der Waals surface area contributed by atoms with Crippen molar-refractivity contribution in [2.75, 3.05) is 5.75 Å². The molecule has 1 saturated carbocycles. The lowest BCUT2D eigenvalue weighted by molar-refractivity contribution is -0.129. The third kappa shape index (κ3) is 3.84. The van der Waals surface area contributed by atoms with E-state index in [4.69, 9.17) is 0 Å². The lowest BCUT2D eigenvalue weighted by atomic mass is 10.2. The molecule has 0 bridgehead atoms. The molecule has 1 aliphatic rings. The Labute approximate surface area is 165 Å². The van der Waals surface area contributed by atoms with Gasteiger partial charge >= 0.3 is 0 Å². The van der Waals surface area contributed by atoms with Gasteiger partial charge < -0.3 is 4.90 Å². The molecule has 1 aliphatic carbocycles. The number of aromatic nitrogens is 2. The van der Waals surface area contributed by atoms with Gasteiger partial charge in [-0.3, -0.25) is 4.79 Å². The van der Waals surface area contributed by atoms with Crippen molar-refractivity contribution in [1.82, 2.24) is 14.9 Å². The number of benzene rings is 1. The first-order chi connectivity index (χ1) is 13.0. The predicted molar refractivity (Wildman–Crippen MR) is 108 cm³/mol. The van der Waals surface area contributed by atoms with Crippen molar-refractivity contribution >= 4 is 39.2 Å². The van der Waals surface area contributed by atoms with Crippen molar-refractivity contribution in [3.05, 3.63) is 52.4 Å². The highest BCUT2D eigenvalue weighted by Gasteiger charge is 2.33. The zero-order valence-electron chi connectivity index (χ0n) is 15.2. The van der Waals surface area contributed by atoms with Crippen LogP contribution in [0.4, 0.5) is 4.39 Å². The van der Waals surface area contributed by atoms with E-state index in [2.05, 4.69) is 23.8 Å². The maximum Gasteiger partial charge on any atom is 0.233 e. The number of carbonyl (C=O) groups is 1. The monoisotopic (exact) mass is 401 g/mol. The van der Waals surface area contributed by atoms with E-state index in [-0.39, 0.29) is 17.8 Å². The van der Waals surface area contributed by atoms with Gasteiger partial charge in [0.05, 0.1) is 5.75 Å². The van der Waals surface area contributed by atoms with Gasteiger partial charge in [0.15, 0.2) is 0 Å². The van der Waals surface area contributed by atoms with E-state index in [1.54, 1.807) is 29.8 Å². The molecule has 0 atom stereocenters. The summed E-state index contributed by atoms with van der Waals surface area (Å²) in [6.45, 7) is 4.47. The summed E-state index contributed by atoms with van der Waals surface area (Å²) < 4.78 is 14.0. The van der Waals surface area contributed by atoms with Gasteiger partial charge in [0.2, 0.25) is 5.91 Å². The van der Waals surface area contributed by atoms with E-state index in [0.717, 1.165) is 28.1 Å². The molecule has 2 heterocycles. The normalized spacial score (nSPS) is 13.9. The third-order valence-corrected chi connectivity index (χ3v) is 6.96. The van der Waals surface area contributed by atoms with Gasteiger partial charge in [0.1, 0.15) is 22.0 Å². The number of amides is 1. The second kappa shape index (κ2) is 7.56. The number of thioether (sulfide) groups is 1. The SMILES string of the molecule is Cc1sc2ncnc(SCC(=O)N(Cc3ccccc3F)C3CC3)c2c1C. The summed E-state index contributed by atoms with van der Waals surface area (Å²) in [5.74, 6) is 0.0680. The largest absolute Gasteiger partial charge is 0.335 e. The van der Waals surface area contributed by atoms with Gasteiger partial charge in [-0.05, 0) is 38.3 Å². The Morgan fingerprint density at radius 3 is 2.81 bits per heavy atom. The van der Waals surface area contributed by atoms with Crippen LogP contribution in [0.2, 0.25) is 0 Å². The molecular formula is C20H20FN3OS2. The smallest absolute Gasteiger partial charge is 0.233 e. The average molecular weight is 402 g/mol. The van der Waals surface area contributed by atoms with Crippen LogP contribution in [0, 0.1) is 19.7 Å². The number of halogens is 1. The lowest BCUT2D eigenvalue weighted by Crippen LogP contribution is -2.34. The summed E-state index contributed by atoms with van der Waals surface area (Å²) in [4.78, 5) is 25.6. The Morgan fingerprint density at radius 2 is 2.07 bits per heavy atom. The molecule has 0 spiro atoms. The molecule has 4 rings (SSSR count). The van der Waals surface area contributed by atoms with Gasteiger partial charge in [-0.25, -0.2) is 14.4 Å². The Hall–Kier alpha value is -1.99. The Morgan fingerprint density at radius 1 is 1.30 bits per heavy atom. The zero-order valence-corrected chi connectivity index (χ0v) is 16.9. The minimum atomic E-state index is -0.259. The van der Waals surface area contributed by atoms with E-state index >= 15 is 0 Å². The van der Waals surface area contributed by atoms with Crippen LogP contribution in [0.25, 0.3) is 10.2 Å². The predicted octanol–water partition coefficient (Wildman–Crippen LogP) is 4.73. The van der Waals surface area contributed by atoms with E-state index in [1.165, 1.54) is 28.3 Å². The molecule has 0 saturated heterocycles. The number of hydrogen-bond acceptors (Lipinski definition) is 5. The van der Waals surface area contributed by atoms with Crippen LogP contribution in [0.3, 0.4) is 0 Å². The van der Waals surface area contributed by atoms with Gasteiger partial charge in [0, 0.05) is 28.4 Å². The number of fused-ring (bicyclic) bond motifs is 1. The highest BCUT2D eigenvalue weighted by atomic mass is 32.2. The van der Waals surface area contributed by atoms with Crippen molar-refractivity contribution < 1.29 is 9.18 Å². The van der Waals surface area contributed by atoms with Crippen LogP contribution in [0.15, 0.2) is 35.6 Å². The fourth-order valence-corrected chi connectivity index (χ4v) is 5.09. The first-order valence-corrected chi connectivity index (χ1v) is 10.7. The van der Waals surface area contributed by atoms with E-state index < -0.39 is 0 Å². The maximum absolute atomic E-state index is 14.0. The van der Waals surface area contributed by atoms with Crippen LogP contribution in [-0.4, -0.2) is 32.6 Å². The van der Waals surface area contributed by atoms with Gasteiger partial charge in [-0.15, -0.1) is 11.3 Å². The number of hydrogen-bond donors (Lipinski definition) is 0. The van der Waals surface area contributed by atoms with Crippen LogP contribution in [0.1, 0.15) is 28.8 Å². The van der Waals surface area contributed by atoms with Crippen molar-refractivity contribution in [2.24, 2.45) is 0 Å². The molecule has 4 nitrogen and oxygen atoms in total. The van der Waals surface area contributed by atoms with Crippen molar-refractivity contribution in [2.45, 2.75) is 44.3 Å². The average Bonchev–Trinajstić information content (AvgIpc) is 3.45. The Kier molecular flexibility index (Phi) is 5.14. The Bertz CT molecular complexity index is 1000. The summed E-state index contributed by atoms with van der Waals surface area (Å²) in [7, 11) is 0. The zero-order chi connectivity index (χ0) is 19.0. The van der Waals surface area contributed by atoms with Crippen molar-refractivity contribution in [3.8, 4) is 0 Å². The highest BCUT2D eigenvalue weighted by Crippen LogP contribution is 2.35. The second-order valence-electron chi connectivity index (χ2n) is 6.78. The standard InChI is InChI=1S/C20H20FN3OS2/c1-12-13(2)27-20-18(12)19(22-11-23-20)26-10-17(25)24(15-7-8-15)9-14-5-3-4-6-16(14)21/h3-6,11,15H,7-10H2,1-2H3. The molecule has 3 aromatic rings. The highest BCUT2D eigenvalue weighted by molar-refractivity contribution is 8.00. The van der Waals surface area contributed by atoms with Crippen LogP contribution < -0.4 is 0 Å². The van der Waals surface area contributed by atoms with Crippen molar-refractivity contribution in [3.63, 3.8) is 0 Å². The van der Waals surface area contributed by atoms with Crippen LogP contribution in [-0.2, 0) is 11.3 Å². The molecule has 7 heteroatoms. The van der Waals surface area contributed by atoms with E-state index in [1.807, 2.05) is 11.0 Å². The first kappa shape index (κ1) is 18.4. The van der Waals surface area contributed by atoms with Gasteiger partial charge in [-0.2, -0.15) is 0 Å². The molecule has 0 N–H and O–H groups in total. The quantitative estimate of drug-likeness (QED) is 0.442. The summed E-state index contributed by atoms with van der Waals surface area (Å²) in [6.07, 6.45) is 3.54. The number of rotatable bonds is 6. The molecule has 1 aromatic carbocycles. The molecule has 0 aliphatic heterocycles. The number of aryl methyl sites for hydroxylation is 2. The number of thiophene rings is 1. The number of carbonyl (C=O) groups excluding carboxylic acids is 1. The lowest BCUT2D eigenvalue weighted by Gasteiger charge is -2.22. The summed E-state index contributed by atoms with van der Waals surface area (Å²) in [6, 6.07) is 6.90. The fraction of sp³-hybridized carbons (Fsp3) is 0.350. The minimum Gasteiger partial charge on any atom is -0.335 e. The summed E-state index contributed by atoms with van der Waals surface area (Å²) in [5, 5.41) is 1.89. The first-order valence-electron chi connectivity index (χ1n) is 8.91. The van der Waals surface area contributed by atoms with Gasteiger partial charge in [-0.1, -0.05) is 30.0 Å². The maximum atomic E-state index is 14.0. The molecule has 0 unspecified atom stereocenters. The van der Waals surface area contributed by atoms with Gasteiger partial charge in [0.25, 0.3) is 0 Å². The number of nitrogens with zero attached hydrogens (tertiary/aromatic N) is 3. The fourth-order valence-electron chi connectivity index (χ4n) is 3.09. The van der Waals surface area contributed by atoms with E-state index in [0.29, 0.717) is 17.9 Å². The second-order valence-corrected chi connectivity index (χ2v) is 8.94. The third-order valence-electron chi connectivity index (χ3n) is 4.87. The molecule has 1 amide bonds. The molecule has 1 fully saturated rings.